The number of nitrogens with zero attached hydrogens (tertiary/aromatic N) is 2. The Morgan fingerprint density at radius 2 is 1.53 bits per heavy atom. The van der Waals surface area contributed by atoms with Crippen LogP contribution >= 0.6 is 39.1 Å². The topological polar surface area (TPSA) is 90.5 Å². The minimum atomic E-state index is -1.15. The van der Waals surface area contributed by atoms with Gasteiger partial charge in [-0.25, -0.2) is 9.69 Å². The number of carbonyl (C=O) groups is 2. The first kappa shape index (κ1) is 24.3. The molecule has 1 unspecified atom stereocenters. The third-order valence-corrected chi connectivity index (χ3v) is 6.82. The number of nitrogen functional groups attached to an aromatic ring is 1. The van der Waals surface area contributed by atoms with E-state index in [2.05, 4.69) is 15.9 Å². The molecule has 3 N–H and O–H groups in total. The zero-order valence-corrected chi connectivity index (χ0v) is 21.3. The molecule has 0 aliphatic carbocycles. The number of amides is 3. The van der Waals surface area contributed by atoms with Crippen molar-refractivity contribution in [3.05, 3.63) is 97.9 Å². The largest absolute Gasteiger partial charge is 0.384 e. The number of imide groups is 1. The van der Waals surface area contributed by atoms with Crippen LogP contribution in [0.2, 0.25) is 10.0 Å². The van der Waals surface area contributed by atoms with Crippen molar-refractivity contribution in [2.24, 2.45) is 5.73 Å². The average Bonchev–Trinajstić information content (AvgIpc) is 2.95. The van der Waals surface area contributed by atoms with Gasteiger partial charge in [-0.2, -0.15) is 0 Å². The van der Waals surface area contributed by atoms with E-state index in [0.29, 0.717) is 27.7 Å². The van der Waals surface area contributed by atoms with Crippen molar-refractivity contribution < 1.29 is 9.59 Å². The Bertz CT molecular complexity index is 1260. The Labute approximate surface area is 215 Å². The van der Waals surface area contributed by atoms with Crippen LogP contribution in [0, 0.1) is 5.41 Å². The van der Waals surface area contributed by atoms with Gasteiger partial charge in [-0.05, 0) is 48.4 Å². The average molecular weight is 560 g/mol. The van der Waals surface area contributed by atoms with Crippen LogP contribution in [0.25, 0.3) is 0 Å². The summed E-state index contributed by atoms with van der Waals surface area (Å²) in [5.74, 6) is -0.401. The highest BCUT2D eigenvalue weighted by Crippen LogP contribution is 2.38. The van der Waals surface area contributed by atoms with Crippen LogP contribution in [0.4, 0.5) is 10.5 Å². The molecule has 0 bridgehead atoms. The van der Waals surface area contributed by atoms with Gasteiger partial charge in [0, 0.05) is 33.0 Å². The highest BCUT2D eigenvalue weighted by atomic mass is 79.9. The number of hydrogen-bond donors (Lipinski definition) is 2. The monoisotopic (exact) mass is 558 g/mol. The van der Waals surface area contributed by atoms with E-state index in [9.17, 15) is 9.59 Å². The highest BCUT2D eigenvalue weighted by Gasteiger charge is 2.54. The lowest BCUT2D eigenvalue weighted by Gasteiger charge is -2.32. The van der Waals surface area contributed by atoms with E-state index in [0.717, 1.165) is 20.5 Å². The number of rotatable bonds is 6. The minimum absolute atomic E-state index is 0.0388. The van der Waals surface area contributed by atoms with Crippen molar-refractivity contribution in [1.29, 1.82) is 5.41 Å². The highest BCUT2D eigenvalue weighted by molar-refractivity contribution is 9.10. The summed E-state index contributed by atoms with van der Waals surface area (Å²) in [5.41, 5.74) is 7.03. The standard InChI is InChI=1S/C25H21BrCl2N4O2/c1-25(13-15-4-8-18(26)9-5-15)23(33)32(21-11-19(27)10-20(28)12-21)24(34)31(25)14-16-2-6-17(7-3-16)22(29)30/h2-12H,13-14H2,1H3,(H3,29,30). The van der Waals surface area contributed by atoms with Crippen molar-refractivity contribution in [1.82, 2.24) is 4.90 Å². The Morgan fingerprint density at radius 1 is 0.971 bits per heavy atom. The van der Waals surface area contributed by atoms with Crippen molar-refractivity contribution in [2.45, 2.75) is 25.4 Å². The molecular formula is C25H21BrCl2N4O2. The molecular weight excluding hydrogens is 539 g/mol. The van der Waals surface area contributed by atoms with Crippen LogP contribution in [0.3, 0.4) is 0 Å². The summed E-state index contributed by atoms with van der Waals surface area (Å²) >= 11 is 15.8. The summed E-state index contributed by atoms with van der Waals surface area (Å²) in [6.45, 7) is 1.96. The fraction of sp³-hybridized carbons (Fsp3) is 0.160. The van der Waals surface area contributed by atoms with Gasteiger partial charge in [-0.1, -0.05) is 75.5 Å². The van der Waals surface area contributed by atoms with Gasteiger partial charge in [0.2, 0.25) is 0 Å². The molecule has 1 heterocycles. The zero-order valence-electron chi connectivity index (χ0n) is 18.2. The minimum Gasteiger partial charge on any atom is -0.384 e. The first-order chi connectivity index (χ1) is 16.1. The van der Waals surface area contributed by atoms with Gasteiger partial charge >= 0.3 is 6.03 Å². The first-order valence-electron chi connectivity index (χ1n) is 10.4. The van der Waals surface area contributed by atoms with Crippen LogP contribution < -0.4 is 10.6 Å². The number of nitrogens with one attached hydrogen (secondary N) is 1. The number of benzene rings is 3. The molecule has 4 rings (SSSR count). The number of amidine groups is 1. The Hall–Kier alpha value is -2.87. The Kier molecular flexibility index (Phi) is 6.71. The van der Waals surface area contributed by atoms with Crippen molar-refractivity contribution in [3.8, 4) is 0 Å². The van der Waals surface area contributed by atoms with E-state index >= 15 is 0 Å². The molecule has 3 aromatic rings. The third kappa shape index (κ3) is 4.69. The van der Waals surface area contributed by atoms with Gasteiger partial charge < -0.3 is 10.6 Å². The van der Waals surface area contributed by atoms with E-state index in [1.54, 1.807) is 54.3 Å². The second-order valence-corrected chi connectivity index (χ2v) is 10.1. The summed E-state index contributed by atoms with van der Waals surface area (Å²) in [7, 11) is 0. The number of halogens is 3. The second-order valence-electron chi connectivity index (χ2n) is 8.32. The maximum Gasteiger partial charge on any atom is 0.332 e. The maximum atomic E-state index is 13.8. The fourth-order valence-electron chi connectivity index (χ4n) is 4.06. The molecule has 3 aromatic carbocycles. The van der Waals surface area contributed by atoms with E-state index in [1.807, 2.05) is 24.3 Å². The molecule has 0 radical (unpaired) electrons. The summed E-state index contributed by atoms with van der Waals surface area (Å²) < 4.78 is 0.924. The molecule has 9 heteroatoms. The Balaban J connectivity index is 1.75. The van der Waals surface area contributed by atoms with Crippen LogP contribution in [-0.2, 0) is 17.8 Å². The predicted molar refractivity (Wildman–Crippen MR) is 139 cm³/mol. The predicted octanol–water partition coefficient (Wildman–Crippen LogP) is 6.01. The van der Waals surface area contributed by atoms with Gasteiger partial charge in [-0.3, -0.25) is 10.2 Å². The molecule has 174 valence electrons. The van der Waals surface area contributed by atoms with E-state index in [-0.39, 0.29) is 18.3 Å². The van der Waals surface area contributed by atoms with E-state index in [4.69, 9.17) is 34.3 Å². The summed E-state index contributed by atoms with van der Waals surface area (Å²) in [6.07, 6.45) is 0.321. The van der Waals surface area contributed by atoms with Crippen LogP contribution in [0.5, 0.6) is 0 Å². The molecule has 3 amide bonds. The second kappa shape index (κ2) is 9.41. The molecule has 0 aromatic heterocycles. The lowest BCUT2D eigenvalue weighted by Crippen LogP contribution is -2.48. The molecule has 1 aliphatic rings. The van der Waals surface area contributed by atoms with Gasteiger partial charge in [0.05, 0.1) is 5.69 Å². The molecule has 1 aliphatic heterocycles. The van der Waals surface area contributed by atoms with Crippen molar-refractivity contribution in [3.63, 3.8) is 0 Å². The maximum absolute atomic E-state index is 13.8. The molecule has 0 spiro atoms. The van der Waals surface area contributed by atoms with Crippen LogP contribution in [0.1, 0.15) is 23.6 Å². The quantitative estimate of drug-likeness (QED) is 0.220. The number of carbonyl (C=O) groups excluding carboxylic acids is 2. The van der Waals surface area contributed by atoms with Gasteiger partial charge in [0.25, 0.3) is 5.91 Å². The molecule has 6 nitrogen and oxygen atoms in total. The van der Waals surface area contributed by atoms with Gasteiger partial charge in [0.1, 0.15) is 11.4 Å². The molecule has 34 heavy (non-hydrogen) atoms. The van der Waals surface area contributed by atoms with Gasteiger partial charge in [0.15, 0.2) is 0 Å². The number of anilines is 1. The SMILES string of the molecule is CC1(Cc2ccc(Br)cc2)C(=O)N(c2cc(Cl)cc(Cl)c2)C(=O)N1Cc1ccc(C(=N)N)cc1. The number of nitrogens with two attached hydrogens (primary N) is 1. The Morgan fingerprint density at radius 3 is 2.09 bits per heavy atom. The smallest absolute Gasteiger partial charge is 0.332 e. The molecule has 1 atom stereocenters. The number of hydrogen-bond acceptors (Lipinski definition) is 3. The summed E-state index contributed by atoms with van der Waals surface area (Å²) in [6, 6.07) is 18.9. The van der Waals surface area contributed by atoms with Crippen LogP contribution in [-0.4, -0.2) is 28.2 Å². The fourth-order valence-corrected chi connectivity index (χ4v) is 4.84. The normalized spacial score (nSPS) is 18.0. The van der Waals surface area contributed by atoms with E-state index in [1.165, 1.54) is 0 Å². The number of urea groups is 1. The third-order valence-electron chi connectivity index (χ3n) is 5.85. The molecule has 1 fully saturated rings. The molecule has 0 saturated carbocycles. The van der Waals surface area contributed by atoms with Crippen molar-refractivity contribution >= 4 is 62.6 Å². The van der Waals surface area contributed by atoms with Crippen molar-refractivity contribution in [2.75, 3.05) is 4.90 Å². The summed E-state index contributed by atoms with van der Waals surface area (Å²) in [4.78, 5) is 30.2. The lowest BCUT2D eigenvalue weighted by molar-refractivity contribution is -0.124. The first-order valence-corrected chi connectivity index (χ1v) is 11.9. The van der Waals surface area contributed by atoms with Crippen LogP contribution in [0.15, 0.2) is 71.2 Å². The zero-order chi connectivity index (χ0) is 24.6. The van der Waals surface area contributed by atoms with Gasteiger partial charge in [-0.15, -0.1) is 0 Å². The summed E-state index contributed by atoms with van der Waals surface area (Å²) in [5, 5.41) is 8.24. The van der Waals surface area contributed by atoms with E-state index < -0.39 is 11.6 Å². The lowest BCUT2D eigenvalue weighted by atomic mass is 9.90. The molecule has 1 saturated heterocycles.